The number of morpholine rings is 1. The van der Waals surface area contributed by atoms with Crippen LogP contribution in [0.4, 0.5) is 10.5 Å². The number of ether oxygens (including phenoxy) is 5. The maximum absolute atomic E-state index is 13.7. The molecule has 0 unspecified atom stereocenters. The van der Waals surface area contributed by atoms with Crippen LogP contribution in [0.2, 0.25) is 0 Å². The molecule has 3 aromatic rings. The quantitative estimate of drug-likeness (QED) is 0.0627. The Morgan fingerprint density at radius 1 is 0.833 bits per heavy atom. The van der Waals surface area contributed by atoms with Crippen LogP contribution in [-0.4, -0.2) is 136 Å². The van der Waals surface area contributed by atoms with Crippen LogP contribution < -0.4 is 26.1 Å². The number of benzene rings is 2. The van der Waals surface area contributed by atoms with E-state index in [4.69, 9.17) is 28.8 Å². The smallest absolute Gasteiger partial charge is 0.333 e. The Balaban J connectivity index is 0.941. The third-order valence-electron chi connectivity index (χ3n) is 8.25. The third kappa shape index (κ3) is 11.8. The summed E-state index contributed by atoms with van der Waals surface area (Å²) < 4.78 is 27.2. The van der Waals surface area contributed by atoms with Gasteiger partial charge in [-0.05, 0) is 36.8 Å². The summed E-state index contributed by atoms with van der Waals surface area (Å²) in [5, 5.41) is 25.9. The van der Waals surface area contributed by atoms with Crippen molar-refractivity contribution < 1.29 is 52.8 Å². The minimum atomic E-state index is -0.922. The van der Waals surface area contributed by atoms with Crippen molar-refractivity contribution in [3.05, 3.63) is 53.6 Å². The normalized spacial score (nSPS) is 13.5. The Hall–Kier alpha value is -5.40. The Kier molecular flexibility index (Phi) is 15.3. The van der Waals surface area contributed by atoms with Crippen LogP contribution in [0, 0.1) is 0 Å². The number of carboxylic acid groups (broad SMARTS) is 1. The highest BCUT2D eigenvalue weighted by Crippen LogP contribution is 2.43. The maximum atomic E-state index is 13.7. The van der Waals surface area contributed by atoms with Crippen LogP contribution in [0.25, 0.3) is 22.5 Å². The summed E-state index contributed by atoms with van der Waals surface area (Å²) >= 11 is 0. The Bertz CT molecular complexity index is 1740. The van der Waals surface area contributed by atoms with Crippen molar-refractivity contribution in [2.45, 2.75) is 19.3 Å². The number of hydrogen-bond donors (Lipinski definition) is 6. The average Bonchev–Trinajstić information content (AvgIpc) is 3.72. The molecule has 290 valence electrons. The van der Waals surface area contributed by atoms with Gasteiger partial charge < -0.3 is 44.7 Å². The molecule has 1 aliphatic heterocycles. The second-order valence-corrected chi connectivity index (χ2v) is 12.1. The number of ketones is 1. The first kappa shape index (κ1) is 39.8. The molecule has 18 heteroatoms. The highest BCUT2D eigenvalue weighted by molar-refractivity contribution is 6.26. The molecule has 4 amide bonds. The summed E-state index contributed by atoms with van der Waals surface area (Å²) in [4.78, 5) is 60.7. The van der Waals surface area contributed by atoms with E-state index in [9.17, 15) is 24.0 Å². The molecular formula is C36H45N7O11. The number of H-pyrrole nitrogens is 1. The number of carbonyl (C=O) groups is 5. The van der Waals surface area contributed by atoms with Gasteiger partial charge in [-0.15, -0.1) is 0 Å². The number of carboxylic acids is 1. The Morgan fingerprint density at radius 3 is 2.19 bits per heavy atom. The minimum Gasteiger partial charge on any atom is -0.484 e. The fraction of sp³-hybridized carbons (Fsp3) is 0.444. The highest BCUT2D eigenvalue weighted by atomic mass is 16.5. The molecule has 1 aliphatic carbocycles. The third-order valence-corrected chi connectivity index (χ3v) is 8.25. The molecular weight excluding hydrogens is 706 g/mol. The molecule has 2 aromatic carbocycles. The van der Waals surface area contributed by atoms with Gasteiger partial charge in [-0.1, -0.05) is 12.1 Å². The number of aromatic amines is 1. The summed E-state index contributed by atoms with van der Waals surface area (Å²) in [7, 11) is 0. The molecule has 0 spiro atoms. The summed E-state index contributed by atoms with van der Waals surface area (Å²) in [6, 6.07) is 11.7. The standard InChI is InChI=1S/C36H45N7O11/c44-28(5-2-6-30(46)47)37-11-15-50-19-21-53-22-20-51-16-12-38-29(45)23-54-25-9-7-24(8-10-25)33-32-34(41-40-33)26-3-1-4-27(31(26)35(32)48)39-36(49)42-43-13-17-52-18-14-43/h1,3-4,7-10H,2,5-6,11-23H2,(H,37,44)(H,38,45)(H,40,41)(H,46,47)(H2,39,42,49). The first-order chi connectivity index (χ1) is 26.3. The van der Waals surface area contributed by atoms with Gasteiger partial charge in [0, 0.05) is 50.1 Å². The largest absolute Gasteiger partial charge is 0.484 e. The molecule has 1 fully saturated rings. The summed E-state index contributed by atoms with van der Waals surface area (Å²) in [5.74, 6) is -1.24. The van der Waals surface area contributed by atoms with Crippen LogP contribution in [0.3, 0.4) is 0 Å². The Morgan fingerprint density at radius 2 is 1.50 bits per heavy atom. The second kappa shape index (κ2) is 20.7. The van der Waals surface area contributed by atoms with Crippen LogP contribution >= 0.6 is 0 Å². The topological polar surface area (TPSA) is 232 Å². The summed E-state index contributed by atoms with van der Waals surface area (Å²) in [6.45, 7) is 4.64. The lowest BCUT2D eigenvalue weighted by atomic mass is 10.0. The summed E-state index contributed by atoms with van der Waals surface area (Å²) in [5.41, 5.74) is 6.34. The van der Waals surface area contributed by atoms with E-state index in [0.29, 0.717) is 131 Å². The SMILES string of the molecule is O=C(O)CCCC(=O)NCCOCCOCCOCCNC(=O)COc1ccc(-c2n[nH]c3c2C(=O)c2c(NC(=O)NN4CCOCC4)cccc2-3)cc1. The van der Waals surface area contributed by atoms with Gasteiger partial charge in [0.15, 0.2) is 12.4 Å². The van der Waals surface area contributed by atoms with Crippen LogP contribution in [0.5, 0.6) is 5.75 Å². The van der Waals surface area contributed by atoms with Gasteiger partial charge in [-0.2, -0.15) is 5.10 Å². The van der Waals surface area contributed by atoms with E-state index in [-0.39, 0.29) is 37.0 Å². The van der Waals surface area contributed by atoms with E-state index in [1.165, 1.54) is 0 Å². The number of fused-ring (bicyclic) bond motifs is 3. The molecule has 2 aliphatic rings. The van der Waals surface area contributed by atoms with Crippen LogP contribution in [-0.2, 0) is 33.3 Å². The number of carbonyl (C=O) groups excluding carboxylic acids is 4. The summed E-state index contributed by atoms with van der Waals surface area (Å²) in [6.07, 6.45) is 0.437. The molecule has 6 N–H and O–H groups in total. The van der Waals surface area contributed by atoms with Crippen molar-refractivity contribution in [1.82, 2.24) is 31.3 Å². The van der Waals surface area contributed by atoms with Crippen molar-refractivity contribution in [3.8, 4) is 28.3 Å². The molecule has 0 atom stereocenters. The van der Waals surface area contributed by atoms with E-state index >= 15 is 0 Å². The number of hydrogen-bond acceptors (Lipinski definition) is 12. The number of nitrogens with one attached hydrogen (secondary N) is 5. The van der Waals surface area contributed by atoms with Crippen molar-refractivity contribution in [3.63, 3.8) is 0 Å². The first-order valence-electron chi connectivity index (χ1n) is 17.7. The number of hydrazine groups is 1. The molecule has 0 saturated carbocycles. The number of amides is 4. The molecule has 54 heavy (non-hydrogen) atoms. The van der Waals surface area contributed by atoms with E-state index in [0.717, 1.165) is 0 Å². The van der Waals surface area contributed by atoms with Gasteiger partial charge in [0.2, 0.25) is 5.91 Å². The zero-order chi connectivity index (χ0) is 38.1. The molecule has 2 heterocycles. The predicted octanol–water partition coefficient (Wildman–Crippen LogP) is 1.57. The number of urea groups is 1. The fourth-order valence-corrected chi connectivity index (χ4v) is 5.63. The lowest BCUT2D eigenvalue weighted by Gasteiger charge is -2.27. The van der Waals surface area contributed by atoms with E-state index < -0.39 is 12.0 Å². The monoisotopic (exact) mass is 751 g/mol. The lowest BCUT2D eigenvalue weighted by Crippen LogP contribution is -2.49. The van der Waals surface area contributed by atoms with Crippen LogP contribution in [0.1, 0.15) is 35.2 Å². The van der Waals surface area contributed by atoms with Crippen molar-refractivity contribution in [1.29, 1.82) is 0 Å². The van der Waals surface area contributed by atoms with Crippen molar-refractivity contribution >= 4 is 35.3 Å². The number of rotatable bonds is 22. The molecule has 18 nitrogen and oxygen atoms in total. The van der Waals surface area contributed by atoms with Crippen molar-refractivity contribution in [2.75, 3.05) is 91.0 Å². The van der Waals surface area contributed by atoms with E-state index in [2.05, 4.69) is 31.6 Å². The zero-order valence-corrected chi connectivity index (χ0v) is 29.8. The molecule has 0 radical (unpaired) electrons. The van der Waals surface area contributed by atoms with E-state index in [1.54, 1.807) is 47.5 Å². The van der Waals surface area contributed by atoms with Gasteiger partial charge in [0.25, 0.3) is 5.91 Å². The second-order valence-electron chi connectivity index (χ2n) is 12.1. The minimum absolute atomic E-state index is 0.0336. The van der Waals surface area contributed by atoms with Crippen LogP contribution in [0.15, 0.2) is 42.5 Å². The molecule has 1 aromatic heterocycles. The average molecular weight is 752 g/mol. The van der Waals surface area contributed by atoms with Gasteiger partial charge in [-0.25, -0.2) is 9.80 Å². The number of aromatic nitrogens is 2. The Labute approximate surface area is 311 Å². The number of anilines is 1. The maximum Gasteiger partial charge on any atom is 0.333 e. The highest BCUT2D eigenvalue weighted by Gasteiger charge is 2.35. The first-order valence-corrected chi connectivity index (χ1v) is 17.7. The van der Waals surface area contributed by atoms with Gasteiger partial charge in [0.05, 0.1) is 75.4 Å². The predicted molar refractivity (Wildman–Crippen MR) is 193 cm³/mol. The molecule has 0 bridgehead atoms. The molecule has 1 saturated heterocycles. The van der Waals surface area contributed by atoms with Gasteiger partial charge in [0.1, 0.15) is 11.4 Å². The lowest BCUT2D eigenvalue weighted by molar-refractivity contribution is -0.137. The number of nitrogens with zero attached hydrogens (tertiary/aromatic N) is 2. The molecule has 5 rings (SSSR count). The number of aliphatic carboxylic acids is 1. The van der Waals surface area contributed by atoms with Gasteiger partial charge in [-0.3, -0.25) is 29.7 Å². The fourth-order valence-electron chi connectivity index (χ4n) is 5.63. The van der Waals surface area contributed by atoms with E-state index in [1.807, 2.05) is 0 Å². The van der Waals surface area contributed by atoms with Crippen molar-refractivity contribution in [2.24, 2.45) is 0 Å². The zero-order valence-electron chi connectivity index (χ0n) is 29.8. The van der Waals surface area contributed by atoms with Gasteiger partial charge >= 0.3 is 12.0 Å².